The van der Waals surface area contributed by atoms with E-state index in [0.717, 1.165) is 16.9 Å². The average Bonchev–Trinajstić information content (AvgIpc) is 3.24. The van der Waals surface area contributed by atoms with E-state index in [9.17, 15) is 18.0 Å². The van der Waals surface area contributed by atoms with E-state index < -0.39 is 15.9 Å². The van der Waals surface area contributed by atoms with Crippen LogP contribution in [0.4, 0.5) is 5.13 Å². The van der Waals surface area contributed by atoms with E-state index >= 15 is 0 Å². The molecular formula is C23H22ClN3O4S2. The summed E-state index contributed by atoms with van der Waals surface area (Å²) in [6, 6.07) is 15.3. The number of Topliss-reactive ketones (excluding diaryl/α,β-unsaturated/α-hetero) is 1. The van der Waals surface area contributed by atoms with E-state index in [1.54, 1.807) is 0 Å². The van der Waals surface area contributed by atoms with Crippen LogP contribution < -0.4 is 5.32 Å². The number of ketones is 1. The maximum absolute atomic E-state index is 13.0. The predicted molar refractivity (Wildman–Crippen MR) is 129 cm³/mol. The van der Waals surface area contributed by atoms with Crippen LogP contribution in [0.3, 0.4) is 0 Å². The van der Waals surface area contributed by atoms with Gasteiger partial charge in [-0.15, -0.1) is 0 Å². The Morgan fingerprint density at radius 3 is 2.48 bits per heavy atom. The smallest absolute Gasteiger partial charge is 0.243 e. The number of halogens is 1. The molecule has 33 heavy (non-hydrogen) atoms. The fourth-order valence-electron chi connectivity index (χ4n) is 3.74. The predicted octanol–water partition coefficient (Wildman–Crippen LogP) is 4.71. The lowest BCUT2D eigenvalue weighted by Crippen LogP contribution is -2.43. The molecule has 1 amide bonds. The number of rotatable bonds is 6. The fourth-order valence-corrected chi connectivity index (χ4v) is 6.28. The number of nitrogens with one attached hydrogen (secondary N) is 1. The molecule has 2 aromatic carbocycles. The average molecular weight is 504 g/mol. The van der Waals surface area contributed by atoms with Crippen molar-refractivity contribution in [3.63, 3.8) is 0 Å². The number of amides is 1. The number of thiazole rings is 1. The van der Waals surface area contributed by atoms with Gasteiger partial charge in [0, 0.05) is 30.6 Å². The fraction of sp³-hybridized carbons (Fsp3) is 0.261. The van der Waals surface area contributed by atoms with Gasteiger partial charge in [0.1, 0.15) is 0 Å². The Bertz CT molecular complexity index is 1270. The zero-order chi connectivity index (χ0) is 23.6. The summed E-state index contributed by atoms with van der Waals surface area (Å²) >= 11 is 7.00. The number of carbonyl (C=O) groups is 2. The quantitative estimate of drug-likeness (QED) is 0.491. The molecule has 0 saturated carbocycles. The minimum absolute atomic E-state index is 0.0767. The summed E-state index contributed by atoms with van der Waals surface area (Å²) in [5.74, 6) is -0.968. The molecule has 10 heteroatoms. The zero-order valence-corrected chi connectivity index (χ0v) is 20.2. The third-order valence-corrected chi connectivity index (χ3v) is 8.63. The third kappa shape index (κ3) is 5.16. The van der Waals surface area contributed by atoms with Gasteiger partial charge in [-0.3, -0.25) is 9.59 Å². The van der Waals surface area contributed by atoms with Crippen molar-refractivity contribution in [2.24, 2.45) is 5.92 Å². The number of aromatic nitrogens is 1. The summed E-state index contributed by atoms with van der Waals surface area (Å²) in [6.07, 6.45) is 1.13. The summed E-state index contributed by atoms with van der Waals surface area (Å²) in [5.41, 5.74) is 1.32. The lowest BCUT2D eigenvalue weighted by molar-refractivity contribution is -0.120. The second-order valence-electron chi connectivity index (χ2n) is 7.76. The number of nitrogens with zero attached hydrogens (tertiary/aromatic N) is 2. The van der Waals surface area contributed by atoms with E-state index in [1.165, 1.54) is 35.5 Å². The Morgan fingerprint density at radius 1 is 1.12 bits per heavy atom. The van der Waals surface area contributed by atoms with Gasteiger partial charge in [-0.1, -0.05) is 53.3 Å². The minimum Gasteiger partial charge on any atom is -0.302 e. The van der Waals surface area contributed by atoms with Crippen LogP contribution in [0.1, 0.15) is 29.4 Å². The number of hydrogen-bond acceptors (Lipinski definition) is 6. The van der Waals surface area contributed by atoms with Gasteiger partial charge in [0.05, 0.1) is 21.4 Å². The molecule has 1 aromatic heterocycles. The van der Waals surface area contributed by atoms with Crippen LogP contribution in [0.15, 0.2) is 59.5 Å². The summed E-state index contributed by atoms with van der Waals surface area (Å²) < 4.78 is 27.4. The molecule has 4 rings (SSSR count). The number of sulfonamides is 1. The normalized spacial score (nSPS) is 17.0. The van der Waals surface area contributed by atoms with E-state index in [-0.39, 0.29) is 23.1 Å². The summed E-state index contributed by atoms with van der Waals surface area (Å²) in [4.78, 5) is 30.2. The molecule has 1 N–H and O–H groups in total. The lowest BCUT2D eigenvalue weighted by atomic mass is 9.99. The molecule has 1 atom stereocenters. The highest BCUT2D eigenvalue weighted by atomic mass is 35.5. The van der Waals surface area contributed by atoms with Crippen LogP contribution in [0.5, 0.6) is 0 Å². The van der Waals surface area contributed by atoms with Crippen molar-refractivity contribution in [2.75, 3.05) is 18.4 Å². The molecule has 1 unspecified atom stereocenters. The highest BCUT2D eigenvalue weighted by Crippen LogP contribution is 2.32. The van der Waals surface area contributed by atoms with E-state index in [1.807, 2.05) is 30.3 Å². The van der Waals surface area contributed by atoms with Crippen LogP contribution in [0.2, 0.25) is 5.02 Å². The molecule has 0 bridgehead atoms. The largest absolute Gasteiger partial charge is 0.302 e. The highest BCUT2D eigenvalue weighted by Gasteiger charge is 2.33. The highest BCUT2D eigenvalue weighted by molar-refractivity contribution is 7.89. The lowest BCUT2D eigenvalue weighted by Gasteiger charge is -2.31. The number of piperidine rings is 1. The molecule has 1 saturated heterocycles. The Labute approximate surface area is 201 Å². The van der Waals surface area contributed by atoms with Crippen LogP contribution in [-0.4, -0.2) is 42.5 Å². The summed E-state index contributed by atoms with van der Waals surface area (Å²) in [6.45, 7) is 1.89. The van der Waals surface area contributed by atoms with Crippen LogP contribution in [0.25, 0.3) is 11.3 Å². The second kappa shape index (κ2) is 9.72. The van der Waals surface area contributed by atoms with Crippen molar-refractivity contribution in [3.05, 3.63) is 64.5 Å². The number of hydrogen-bond donors (Lipinski definition) is 1. The van der Waals surface area contributed by atoms with Crippen molar-refractivity contribution in [2.45, 2.75) is 24.7 Å². The topological polar surface area (TPSA) is 96.4 Å². The van der Waals surface area contributed by atoms with E-state index in [0.29, 0.717) is 40.1 Å². The first-order valence-electron chi connectivity index (χ1n) is 10.4. The van der Waals surface area contributed by atoms with Gasteiger partial charge in [0.25, 0.3) is 0 Å². The summed E-state index contributed by atoms with van der Waals surface area (Å²) in [5, 5.41) is 3.57. The van der Waals surface area contributed by atoms with Crippen LogP contribution in [-0.2, 0) is 14.8 Å². The monoisotopic (exact) mass is 503 g/mol. The molecule has 7 nitrogen and oxygen atoms in total. The van der Waals surface area contributed by atoms with Crippen molar-refractivity contribution in [3.8, 4) is 11.3 Å². The Morgan fingerprint density at radius 2 is 1.82 bits per heavy atom. The third-order valence-electron chi connectivity index (χ3n) is 5.43. The molecule has 2 heterocycles. The second-order valence-corrected chi connectivity index (χ2v) is 11.1. The molecule has 1 aliphatic rings. The van der Waals surface area contributed by atoms with Crippen molar-refractivity contribution < 1.29 is 18.0 Å². The molecule has 172 valence electrons. The van der Waals surface area contributed by atoms with Gasteiger partial charge in [-0.2, -0.15) is 4.31 Å². The molecule has 0 radical (unpaired) electrons. The number of anilines is 1. The van der Waals surface area contributed by atoms with Crippen molar-refractivity contribution >= 4 is 49.8 Å². The molecule has 0 aliphatic carbocycles. The molecule has 3 aromatic rings. The van der Waals surface area contributed by atoms with Gasteiger partial charge >= 0.3 is 0 Å². The van der Waals surface area contributed by atoms with Gasteiger partial charge in [0.15, 0.2) is 10.9 Å². The maximum Gasteiger partial charge on any atom is 0.243 e. The molecule has 0 spiro atoms. The Balaban J connectivity index is 1.51. The van der Waals surface area contributed by atoms with Crippen LogP contribution >= 0.6 is 22.9 Å². The van der Waals surface area contributed by atoms with Crippen molar-refractivity contribution in [1.29, 1.82) is 0 Å². The maximum atomic E-state index is 13.0. The van der Waals surface area contributed by atoms with E-state index in [2.05, 4.69) is 10.3 Å². The zero-order valence-electron chi connectivity index (χ0n) is 17.8. The van der Waals surface area contributed by atoms with Gasteiger partial charge in [-0.25, -0.2) is 13.4 Å². The van der Waals surface area contributed by atoms with E-state index in [4.69, 9.17) is 11.6 Å². The SMILES string of the molecule is CC(=O)c1sc(NC(=O)C2CCCN(S(=O)(=O)c3ccc(Cl)cc3)C2)nc1-c1ccccc1. The number of benzene rings is 2. The van der Waals surface area contributed by atoms with Gasteiger partial charge in [0.2, 0.25) is 15.9 Å². The molecule has 1 fully saturated rings. The Hall–Kier alpha value is -2.59. The van der Waals surface area contributed by atoms with Gasteiger partial charge in [-0.05, 0) is 37.1 Å². The first-order chi connectivity index (χ1) is 15.8. The minimum atomic E-state index is -3.73. The first kappa shape index (κ1) is 23.6. The molecule has 1 aliphatic heterocycles. The first-order valence-corrected chi connectivity index (χ1v) is 13.0. The summed E-state index contributed by atoms with van der Waals surface area (Å²) in [7, 11) is -3.73. The standard InChI is InChI=1S/C23H22ClN3O4S2/c1-15(28)21-20(16-6-3-2-4-7-16)25-23(32-21)26-22(29)17-8-5-13-27(14-17)33(30,31)19-11-9-18(24)10-12-19/h2-4,6-7,9-12,17H,5,8,13-14H2,1H3,(H,25,26,29). The Kier molecular flexibility index (Phi) is 6.94. The molecular weight excluding hydrogens is 482 g/mol. The van der Waals surface area contributed by atoms with Gasteiger partial charge < -0.3 is 5.32 Å². The number of carbonyl (C=O) groups excluding carboxylic acids is 2. The van der Waals surface area contributed by atoms with Crippen LogP contribution in [0, 0.1) is 5.92 Å². The van der Waals surface area contributed by atoms with Crippen molar-refractivity contribution in [1.82, 2.24) is 9.29 Å².